The van der Waals surface area contributed by atoms with E-state index in [-0.39, 0.29) is 33.6 Å². The van der Waals surface area contributed by atoms with Gasteiger partial charge in [-0.3, -0.25) is 9.59 Å². The summed E-state index contributed by atoms with van der Waals surface area (Å²) >= 11 is 0. The van der Waals surface area contributed by atoms with E-state index in [1.165, 1.54) is 18.2 Å². The van der Waals surface area contributed by atoms with E-state index in [1.807, 2.05) is 6.07 Å². The fourth-order valence-electron chi connectivity index (χ4n) is 3.16. The Morgan fingerprint density at radius 1 is 0.815 bits per heavy atom. The number of carbonyl (C=O) groups excluding carboxylic acids is 3. The van der Waals surface area contributed by atoms with Crippen LogP contribution in [0, 0.1) is 6.92 Å². The van der Waals surface area contributed by atoms with E-state index in [0.29, 0.717) is 5.75 Å². The van der Waals surface area contributed by atoms with Gasteiger partial charge in [-0.1, -0.05) is 42.5 Å². The van der Waals surface area contributed by atoms with Crippen LogP contribution < -0.4 is 4.74 Å². The first-order valence-electron chi connectivity index (χ1n) is 8.31. The number of aromatic hydroxyl groups is 1. The number of ether oxygens (including phenoxy) is 1. The summed E-state index contributed by atoms with van der Waals surface area (Å²) in [5, 5.41) is 10.6. The molecule has 1 aliphatic rings. The van der Waals surface area contributed by atoms with E-state index >= 15 is 0 Å². The zero-order chi connectivity index (χ0) is 19.1. The van der Waals surface area contributed by atoms with E-state index in [2.05, 4.69) is 0 Å². The van der Waals surface area contributed by atoms with Crippen molar-refractivity contribution in [2.45, 2.75) is 6.92 Å². The minimum absolute atomic E-state index is 0.0728. The monoisotopic (exact) mass is 358 g/mol. The Morgan fingerprint density at radius 2 is 1.44 bits per heavy atom. The van der Waals surface area contributed by atoms with Gasteiger partial charge in [0.05, 0.1) is 5.56 Å². The highest BCUT2D eigenvalue weighted by Gasteiger charge is 2.34. The van der Waals surface area contributed by atoms with Gasteiger partial charge in [0.2, 0.25) is 0 Å². The molecule has 0 unspecified atom stereocenters. The third-order valence-electron chi connectivity index (χ3n) is 4.58. The lowest BCUT2D eigenvalue weighted by Crippen LogP contribution is -2.22. The van der Waals surface area contributed by atoms with Gasteiger partial charge in [-0.15, -0.1) is 0 Å². The molecule has 5 nitrogen and oxygen atoms in total. The SMILES string of the molecule is Cc1ccccc1OC(=O)c1ccc2c(c1O)C(=O)c1ccccc1C2=O. The summed E-state index contributed by atoms with van der Waals surface area (Å²) in [6.07, 6.45) is 0. The number of ketones is 2. The predicted octanol–water partition coefficient (Wildman–Crippen LogP) is 3.70. The summed E-state index contributed by atoms with van der Waals surface area (Å²) in [6.45, 7) is 1.79. The molecule has 0 aromatic heterocycles. The Bertz CT molecular complexity index is 1130. The Hall–Kier alpha value is -3.73. The lowest BCUT2D eigenvalue weighted by atomic mass is 9.82. The smallest absolute Gasteiger partial charge is 0.347 e. The van der Waals surface area contributed by atoms with Crippen molar-refractivity contribution in [2.24, 2.45) is 0 Å². The molecule has 0 bridgehead atoms. The van der Waals surface area contributed by atoms with Crippen molar-refractivity contribution in [3.8, 4) is 11.5 Å². The van der Waals surface area contributed by atoms with Crippen molar-refractivity contribution in [1.29, 1.82) is 0 Å². The van der Waals surface area contributed by atoms with Gasteiger partial charge in [0.1, 0.15) is 17.1 Å². The topological polar surface area (TPSA) is 80.7 Å². The molecule has 0 heterocycles. The first-order valence-corrected chi connectivity index (χ1v) is 8.31. The van der Waals surface area contributed by atoms with E-state index < -0.39 is 17.5 Å². The van der Waals surface area contributed by atoms with Gasteiger partial charge in [0.15, 0.2) is 11.6 Å². The molecular weight excluding hydrogens is 344 g/mol. The van der Waals surface area contributed by atoms with Crippen molar-refractivity contribution in [1.82, 2.24) is 0 Å². The second-order valence-electron chi connectivity index (χ2n) is 6.24. The highest BCUT2D eigenvalue weighted by atomic mass is 16.5. The Kier molecular flexibility index (Phi) is 3.85. The average molecular weight is 358 g/mol. The number of phenolic OH excluding ortho intramolecular Hbond substituents is 1. The molecule has 1 aliphatic carbocycles. The Labute approximate surface area is 154 Å². The van der Waals surface area contributed by atoms with Gasteiger partial charge in [0, 0.05) is 16.7 Å². The van der Waals surface area contributed by atoms with Gasteiger partial charge in [0.25, 0.3) is 0 Å². The molecule has 3 aromatic rings. The number of rotatable bonds is 2. The average Bonchev–Trinajstić information content (AvgIpc) is 2.67. The van der Waals surface area contributed by atoms with Crippen LogP contribution >= 0.6 is 0 Å². The van der Waals surface area contributed by atoms with E-state index in [1.54, 1.807) is 43.3 Å². The van der Waals surface area contributed by atoms with Crippen LogP contribution in [0.2, 0.25) is 0 Å². The molecule has 0 fully saturated rings. The predicted molar refractivity (Wildman–Crippen MR) is 97.6 cm³/mol. The number of benzene rings is 3. The molecule has 4 rings (SSSR count). The van der Waals surface area contributed by atoms with Crippen LogP contribution in [0.4, 0.5) is 0 Å². The van der Waals surface area contributed by atoms with Crippen LogP contribution in [-0.4, -0.2) is 22.6 Å². The zero-order valence-corrected chi connectivity index (χ0v) is 14.4. The third-order valence-corrected chi connectivity index (χ3v) is 4.58. The number of esters is 1. The molecule has 0 radical (unpaired) electrons. The number of aryl methyl sites for hydroxylation is 1. The molecular formula is C22H14O5. The van der Waals surface area contributed by atoms with Crippen molar-refractivity contribution in [3.63, 3.8) is 0 Å². The second-order valence-corrected chi connectivity index (χ2v) is 6.24. The molecule has 5 heteroatoms. The third kappa shape index (κ3) is 2.60. The maximum Gasteiger partial charge on any atom is 0.347 e. The Morgan fingerprint density at radius 3 is 2.15 bits per heavy atom. The fourth-order valence-corrected chi connectivity index (χ4v) is 3.16. The summed E-state index contributed by atoms with van der Waals surface area (Å²) in [4.78, 5) is 38.0. The van der Waals surface area contributed by atoms with Crippen LogP contribution in [0.15, 0.2) is 60.7 Å². The molecule has 1 N–H and O–H groups in total. The lowest BCUT2D eigenvalue weighted by molar-refractivity contribution is 0.0729. The van der Waals surface area contributed by atoms with Gasteiger partial charge >= 0.3 is 5.97 Å². The van der Waals surface area contributed by atoms with Crippen molar-refractivity contribution in [3.05, 3.63) is 94.0 Å². The van der Waals surface area contributed by atoms with E-state index in [9.17, 15) is 19.5 Å². The van der Waals surface area contributed by atoms with Crippen LogP contribution in [-0.2, 0) is 0 Å². The molecule has 0 spiro atoms. The summed E-state index contributed by atoms with van der Waals surface area (Å²) in [6, 6.07) is 16.0. The number of hydrogen-bond donors (Lipinski definition) is 1. The van der Waals surface area contributed by atoms with Gasteiger partial charge in [-0.05, 0) is 30.7 Å². The van der Waals surface area contributed by atoms with Crippen molar-refractivity contribution in [2.75, 3.05) is 0 Å². The van der Waals surface area contributed by atoms with Crippen LogP contribution in [0.3, 0.4) is 0 Å². The molecule has 0 amide bonds. The fraction of sp³-hybridized carbons (Fsp3) is 0.0455. The standard InChI is InChI=1S/C22H14O5/c1-12-6-2-5-9-17(12)27-22(26)16-11-10-15-18(21(16)25)20(24)14-8-4-3-7-13(14)19(15)23/h2-11,25H,1H3. The van der Waals surface area contributed by atoms with Crippen molar-refractivity contribution < 1.29 is 24.2 Å². The molecule has 0 saturated carbocycles. The Balaban J connectivity index is 1.78. The molecule has 0 aliphatic heterocycles. The van der Waals surface area contributed by atoms with Gasteiger partial charge in [-0.25, -0.2) is 4.79 Å². The largest absolute Gasteiger partial charge is 0.506 e. The highest BCUT2D eigenvalue weighted by molar-refractivity contribution is 6.29. The van der Waals surface area contributed by atoms with Gasteiger partial charge < -0.3 is 9.84 Å². The number of phenols is 1. The number of fused-ring (bicyclic) bond motifs is 2. The van der Waals surface area contributed by atoms with Crippen LogP contribution in [0.5, 0.6) is 11.5 Å². The normalized spacial score (nSPS) is 12.3. The first-order chi connectivity index (χ1) is 13.0. The molecule has 3 aromatic carbocycles. The summed E-state index contributed by atoms with van der Waals surface area (Å²) in [5.41, 5.74) is 0.974. The second kappa shape index (κ2) is 6.21. The van der Waals surface area contributed by atoms with E-state index in [0.717, 1.165) is 5.56 Å². The highest BCUT2D eigenvalue weighted by Crippen LogP contribution is 2.35. The van der Waals surface area contributed by atoms with Crippen molar-refractivity contribution >= 4 is 17.5 Å². The molecule has 132 valence electrons. The molecule has 0 atom stereocenters. The number of carbonyl (C=O) groups is 3. The summed E-state index contributed by atoms with van der Waals surface area (Å²) < 4.78 is 5.34. The maximum atomic E-state index is 12.8. The summed E-state index contributed by atoms with van der Waals surface area (Å²) in [7, 11) is 0. The first kappa shape index (κ1) is 16.7. The van der Waals surface area contributed by atoms with Crippen LogP contribution in [0.1, 0.15) is 47.8 Å². The maximum absolute atomic E-state index is 12.8. The van der Waals surface area contributed by atoms with E-state index in [4.69, 9.17) is 4.74 Å². The number of para-hydroxylation sites is 1. The minimum Gasteiger partial charge on any atom is -0.506 e. The minimum atomic E-state index is -0.802. The molecule has 0 saturated heterocycles. The van der Waals surface area contributed by atoms with Crippen LogP contribution in [0.25, 0.3) is 0 Å². The quantitative estimate of drug-likeness (QED) is 0.437. The number of hydrogen-bond acceptors (Lipinski definition) is 5. The summed E-state index contributed by atoms with van der Waals surface area (Å²) in [5.74, 6) is -1.85. The molecule has 27 heavy (non-hydrogen) atoms. The van der Waals surface area contributed by atoms with Gasteiger partial charge in [-0.2, -0.15) is 0 Å². The zero-order valence-electron chi connectivity index (χ0n) is 14.4. The lowest BCUT2D eigenvalue weighted by Gasteiger charge is -2.19.